The van der Waals surface area contributed by atoms with E-state index in [2.05, 4.69) is 0 Å². The average Bonchev–Trinajstić information content (AvgIpc) is 2.75. The summed E-state index contributed by atoms with van der Waals surface area (Å²) in [5.74, 6) is -1.60. The molecule has 2 aliphatic rings. The smallest absolute Gasteiger partial charge is 0.337 e. The molecule has 128 valence electrons. The molecule has 0 aromatic heterocycles. The summed E-state index contributed by atoms with van der Waals surface area (Å²) in [7, 11) is 0. The van der Waals surface area contributed by atoms with Crippen LogP contribution in [-0.4, -0.2) is 35.6 Å². The Labute approximate surface area is 130 Å². The number of amides is 1. The van der Waals surface area contributed by atoms with Crippen LogP contribution in [0.2, 0.25) is 0 Å². The van der Waals surface area contributed by atoms with Gasteiger partial charge in [-0.25, -0.2) is 0 Å². The van der Waals surface area contributed by atoms with E-state index in [0.717, 1.165) is 32.1 Å². The predicted octanol–water partition coefficient (Wildman–Crippen LogP) is 3.48. The van der Waals surface area contributed by atoms with Crippen LogP contribution < -0.4 is 5.73 Å². The molecule has 0 aromatic carbocycles. The summed E-state index contributed by atoms with van der Waals surface area (Å²) in [5, 5.41) is 0. The monoisotopic (exact) mass is 320 g/mol. The molecule has 22 heavy (non-hydrogen) atoms. The number of hydrogen-bond donors (Lipinski definition) is 1. The van der Waals surface area contributed by atoms with Crippen molar-refractivity contribution in [3.8, 4) is 0 Å². The highest BCUT2D eigenvalue weighted by Crippen LogP contribution is 2.46. The van der Waals surface area contributed by atoms with Crippen molar-refractivity contribution in [2.45, 2.75) is 70.5 Å². The van der Waals surface area contributed by atoms with Gasteiger partial charge in [-0.15, -0.1) is 0 Å². The Kier molecular flexibility index (Phi) is 4.81. The van der Waals surface area contributed by atoms with E-state index in [1.54, 1.807) is 0 Å². The van der Waals surface area contributed by atoms with E-state index in [1.165, 1.54) is 18.7 Å². The maximum Gasteiger partial charge on any atom is 0.394 e. The number of carbonyl (C=O) groups excluding carboxylic acids is 1. The zero-order chi connectivity index (χ0) is 16.6. The number of likely N-dealkylation sites (tertiary alicyclic amines) is 1. The molecular weight excluding hydrogens is 293 g/mol. The molecule has 6 heteroatoms. The fourth-order valence-corrected chi connectivity index (χ4v) is 4.27. The third-order valence-electron chi connectivity index (χ3n) is 5.76. The summed E-state index contributed by atoms with van der Waals surface area (Å²) in [6.07, 6.45) is 1.11. The molecule has 0 aromatic rings. The van der Waals surface area contributed by atoms with Crippen molar-refractivity contribution in [2.24, 2.45) is 17.1 Å². The van der Waals surface area contributed by atoms with Gasteiger partial charge in [-0.3, -0.25) is 4.79 Å². The van der Waals surface area contributed by atoms with Crippen molar-refractivity contribution in [3.05, 3.63) is 0 Å². The first-order valence-electron chi connectivity index (χ1n) is 8.20. The Morgan fingerprint density at radius 3 is 2.27 bits per heavy atom. The molecule has 1 atom stereocenters. The van der Waals surface area contributed by atoms with Crippen molar-refractivity contribution in [1.82, 2.24) is 4.90 Å². The van der Waals surface area contributed by atoms with Gasteiger partial charge in [0.05, 0.1) is 5.92 Å². The van der Waals surface area contributed by atoms with Crippen LogP contribution in [0.3, 0.4) is 0 Å². The van der Waals surface area contributed by atoms with Gasteiger partial charge >= 0.3 is 6.18 Å². The molecule has 2 fully saturated rings. The topological polar surface area (TPSA) is 46.3 Å². The number of halogens is 3. The van der Waals surface area contributed by atoms with Crippen LogP contribution in [-0.2, 0) is 4.79 Å². The molecule has 1 saturated heterocycles. The quantitative estimate of drug-likeness (QED) is 0.865. The number of nitrogens with zero attached hydrogens (tertiary/aromatic N) is 1. The van der Waals surface area contributed by atoms with Gasteiger partial charge in [0.2, 0.25) is 5.91 Å². The van der Waals surface area contributed by atoms with Gasteiger partial charge in [-0.05, 0) is 45.1 Å². The molecule has 1 saturated carbocycles. The molecule has 1 amide bonds. The summed E-state index contributed by atoms with van der Waals surface area (Å²) in [6.45, 7) is 3.70. The Morgan fingerprint density at radius 2 is 1.82 bits per heavy atom. The van der Waals surface area contributed by atoms with Crippen LogP contribution in [0.4, 0.5) is 13.2 Å². The van der Waals surface area contributed by atoms with Crippen molar-refractivity contribution >= 4 is 5.91 Å². The van der Waals surface area contributed by atoms with E-state index in [9.17, 15) is 18.0 Å². The second-order valence-electron chi connectivity index (χ2n) is 7.52. The standard InChI is InChI=1S/C16H27F3N2O/c1-14(2)12(16(17,18)19)6-9-21(14)13(22)10-15(11-20)7-4-3-5-8-15/h12H,3-11,20H2,1-2H3. The molecule has 0 radical (unpaired) electrons. The molecule has 3 nitrogen and oxygen atoms in total. The van der Waals surface area contributed by atoms with Crippen LogP contribution in [0.5, 0.6) is 0 Å². The minimum Gasteiger partial charge on any atom is -0.337 e. The van der Waals surface area contributed by atoms with Gasteiger partial charge in [-0.2, -0.15) is 13.2 Å². The number of rotatable bonds is 3. The maximum atomic E-state index is 13.1. The third-order valence-corrected chi connectivity index (χ3v) is 5.76. The van der Waals surface area contributed by atoms with Crippen LogP contribution >= 0.6 is 0 Å². The maximum absolute atomic E-state index is 13.1. The Balaban J connectivity index is 2.10. The van der Waals surface area contributed by atoms with E-state index >= 15 is 0 Å². The number of nitrogens with two attached hydrogens (primary N) is 1. The largest absolute Gasteiger partial charge is 0.394 e. The molecule has 1 heterocycles. The predicted molar refractivity (Wildman–Crippen MR) is 79.1 cm³/mol. The molecule has 2 N–H and O–H groups in total. The lowest BCUT2D eigenvalue weighted by molar-refractivity contribution is -0.192. The van der Waals surface area contributed by atoms with Gasteiger partial charge in [0, 0.05) is 18.5 Å². The first kappa shape index (κ1) is 17.6. The highest BCUT2D eigenvalue weighted by molar-refractivity contribution is 5.78. The van der Waals surface area contributed by atoms with Gasteiger partial charge in [0.1, 0.15) is 0 Å². The molecule has 0 bridgehead atoms. The zero-order valence-electron chi connectivity index (χ0n) is 13.5. The second-order valence-corrected chi connectivity index (χ2v) is 7.52. The fourth-order valence-electron chi connectivity index (χ4n) is 4.27. The summed E-state index contributed by atoms with van der Waals surface area (Å²) in [4.78, 5) is 14.1. The van der Waals surface area contributed by atoms with E-state index < -0.39 is 17.6 Å². The van der Waals surface area contributed by atoms with Crippen molar-refractivity contribution < 1.29 is 18.0 Å². The Bertz CT molecular complexity index is 414. The van der Waals surface area contributed by atoms with Gasteiger partial charge in [0.25, 0.3) is 0 Å². The zero-order valence-corrected chi connectivity index (χ0v) is 13.5. The lowest BCUT2D eigenvalue weighted by atomic mass is 9.71. The number of carbonyl (C=O) groups is 1. The van der Waals surface area contributed by atoms with E-state index in [-0.39, 0.29) is 30.7 Å². The van der Waals surface area contributed by atoms with E-state index in [0.29, 0.717) is 6.54 Å². The lowest BCUT2D eigenvalue weighted by Gasteiger charge is -2.41. The SMILES string of the molecule is CC1(C)C(C(F)(F)F)CCN1C(=O)CC1(CN)CCCCC1. The van der Waals surface area contributed by atoms with Crippen LogP contribution in [0, 0.1) is 11.3 Å². The summed E-state index contributed by atoms with van der Waals surface area (Å²) in [6, 6.07) is 0. The molecule has 2 rings (SSSR count). The fraction of sp³-hybridized carbons (Fsp3) is 0.938. The van der Waals surface area contributed by atoms with Gasteiger partial charge < -0.3 is 10.6 Å². The Hall–Kier alpha value is -0.780. The first-order valence-corrected chi connectivity index (χ1v) is 8.20. The highest BCUT2D eigenvalue weighted by atomic mass is 19.4. The van der Waals surface area contributed by atoms with Gasteiger partial charge in [-0.1, -0.05) is 19.3 Å². The van der Waals surface area contributed by atoms with Crippen LogP contribution in [0.25, 0.3) is 0 Å². The van der Waals surface area contributed by atoms with Crippen molar-refractivity contribution in [2.75, 3.05) is 13.1 Å². The third kappa shape index (κ3) is 3.26. The Morgan fingerprint density at radius 1 is 1.23 bits per heavy atom. The van der Waals surface area contributed by atoms with Crippen LogP contribution in [0.1, 0.15) is 58.8 Å². The minimum atomic E-state index is -4.26. The molecule has 1 aliphatic carbocycles. The second kappa shape index (κ2) is 6.02. The summed E-state index contributed by atoms with van der Waals surface area (Å²) in [5.41, 5.74) is 4.53. The lowest BCUT2D eigenvalue weighted by Crippen LogP contribution is -2.51. The van der Waals surface area contributed by atoms with Crippen molar-refractivity contribution in [1.29, 1.82) is 0 Å². The van der Waals surface area contributed by atoms with Gasteiger partial charge in [0.15, 0.2) is 0 Å². The van der Waals surface area contributed by atoms with Crippen molar-refractivity contribution in [3.63, 3.8) is 0 Å². The minimum absolute atomic E-state index is 0.00212. The number of hydrogen-bond acceptors (Lipinski definition) is 2. The van der Waals surface area contributed by atoms with Crippen LogP contribution in [0.15, 0.2) is 0 Å². The molecular formula is C16H27F3N2O. The highest BCUT2D eigenvalue weighted by Gasteiger charge is 2.56. The number of alkyl halides is 3. The molecule has 1 unspecified atom stereocenters. The summed E-state index contributed by atoms with van der Waals surface area (Å²) < 4.78 is 39.4. The first-order chi connectivity index (χ1) is 10.1. The van der Waals surface area contributed by atoms with E-state index in [1.807, 2.05) is 0 Å². The normalized spacial score (nSPS) is 27.9. The average molecular weight is 320 g/mol. The van der Waals surface area contributed by atoms with E-state index in [4.69, 9.17) is 5.73 Å². The summed E-state index contributed by atoms with van der Waals surface area (Å²) >= 11 is 0. The molecule has 1 aliphatic heterocycles. The molecule has 0 spiro atoms.